The Kier molecular flexibility index (Phi) is 5.23. The summed E-state index contributed by atoms with van der Waals surface area (Å²) in [5.41, 5.74) is 4.39. The minimum Gasteiger partial charge on any atom is -0.454 e. The molecule has 10 aromatic rings. The van der Waals surface area contributed by atoms with Gasteiger partial charge in [-0.2, -0.15) is 0 Å². The Hall–Kier alpha value is -4.81. The molecule has 0 fully saturated rings. The van der Waals surface area contributed by atoms with Crippen LogP contribution in [0.2, 0.25) is 0 Å². The van der Waals surface area contributed by atoms with Crippen molar-refractivity contribution in [2.24, 2.45) is 0 Å². The highest BCUT2D eigenvalue weighted by molar-refractivity contribution is 7.27. The number of furan rings is 1. The standard InChI is InChI=1S/C33H15N5O2S4/c1-3-7-22-16(5-1)11-24(39-22)30-34-14-27(43-30)31-37-20-9-17-13-26-21(10-18(17)12-25(20)41-31)38-32(42-26)28-15-35-33(44-28)29-36-19-6-2-4-8-23(19)40-29/h1-15H. The van der Waals surface area contributed by atoms with Crippen molar-refractivity contribution in [3.05, 3.63) is 91.3 Å². The first-order valence-electron chi connectivity index (χ1n) is 13.6. The van der Waals surface area contributed by atoms with E-state index < -0.39 is 0 Å². The zero-order valence-electron chi connectivity index (χ0n) is 22.3. The molecule has 0 aliphatic rings. The van der Waals surface area contributed by atoms with Gasteiger partial charge in [0.05, 0.1) is 30.2 Å². The van der Waals surface area contributed by atoms with Crippen molar-refractivity contribution in [1.82, 2.24) is 24.9 Å². The van der Waals surface area contributed by atoms with Crippen LogP contribution in [0.15, 0.2) is 100 Å². The fraction of sp³-hybridized carbons (Fsp3) is 0. The number of oxazole rings is 1. The van der Waals surface area contributed by atoms with Gasteiger partial charge in [0.2, 0.25) is 0 Å². The van der Waals surface area contributed by atoms with Crippen molar-refractivity contribution in [2.45, 2.75) is 0 Å². The SMILES string of the molecule is c1ccc2oc(-c3ncc(-c4nc5cc6cc7sc(-c8cnc(-c9nc%10ccccc%10o9)s8)nc7cc6cc5s4)s3)cc2c1. The van der Waals surface area contributed by atoms with Gasteiger partial charge in [-0.15, -0.1) is 45.3 Å². The highest BCUT2D eigenvalue weighted by Gasteiger charge is 2.18. The Morgan fingerprint density at radius 3 is 1.82 bits per heavy atom. The number of aromatic nitrogens is 5. The van der Waals surface area contributed by atoms with E-state index >= 15 is 0 Å². The lowest BCUT2D eigenvalue weighted by atomic mass is 10.1. The third-order valence-corrected chi connectivity index (χ3v) is 11.8. The average Bonchev–Trinajstić information content (AvgIpc) is 3.88. The molecular formula is C33H15N5O2S4. The van der Waals surface area contributed by atoms with Gasteiger partial charge in [-0.1, -0.05) is 30.3 Å². The van der Waals surface area contributed by atoms with Crippen LogP contribution in [0.3, 0.4) is 0 Å². The largest absolute Gasteiger partial charge is 0.454 e. The summed E-state index contributed by atoms with van der Waals surface area (Å²) in [6.07, 6.45) is 3.74. The molecule has 6 heterocycles. The maximum Gasteiger partial charge on any atom is 0.256 e. The Morgan fingerprint density at radius 2 is 1.11 bits per heavy atom. The second-order valence-corrected chi connectivity index (χ2v) is 14.3. The second-order valence-electron chi connectivity index (χ2n) is 10.2. The normalized spacial score (nSPS) is 12.1. The molecule has 0 spiro atoms. The van der Waals surface area contributed by atoms with Crippen LogP contribution in [0.5, 0.6) is 0 Å². The molecule has 0 atom stereocenters. The van der Waals surface area contributed by atoms with Crippen LogP contribution in [0.25, 0.3) is 94.7 Å². The van der Waals surface area contributed by atoms with Gasteiger partial charge >= 0.3 is 0 Å². The van der Waals surface area contributed by atoms with Crippen molar-refractivity contribution < 1.29 is 8.83 Å². The summed E-state index contributed by atoms with van der Waals surface area (Å²) in [5.74, 6) is 1.31. The van der Waals surface area contributed by atoms with Crippen molar-refractivity contribution in [2.75, 3.05) is 0 Å². The summed E-state index contributed by atoms with van der Waals surface area (Å²) in [7, 11) is 0. The Balaban J connectivity index is 0.980. The Morgan fingerprint density at radius 1 is 0.477 bits per heavy atom. The molecule has 208 valence electrons. The van der Waals surface area contributed by atoms with Crippen molar-refractivity contribution >= 4 is 98.6 Å². The maximum absolute atomic E-state index is 6.03. The van der Waals surface area contributed by atoms with Crippen LogP contribution in [0.4, 0.5) is 0 Å². The lowest BCUT2D eigenvalue weighted by molar-refractivity contribution is 0.619. The zero-order valence-corrected chi connectivity index (χ0v) is 25.6. The Bertz CT molecular complexity index is 2390. The van der Waals surface area contributed by atoms with Crippen molar-refractivity contribution in [1.29, 1.82) is 0 Å². The zero-order chi connectivity index (χ0) is 28.8. The van der Waals surface area contributed by atoms with Crippen LogP contribution in [-0.4, -0.2) is 24.9 Å². The van der Waals surface area contributed by atoms with E-state index in [1.54, 1.807) is 45.3 Å². The number of hydrogen-bond donors (Lipinski definition) is 0. The van der Waals surface area contributed by atoms with E-state index in [-0.39, 0.29) is 0 Å². The molecular weight excluding hydrogens is 627 g/mol. The third-order valence-electron chi connectivity index (χ3n) is 7.40. The van der Waals surface area contributed by atoms with Crippen molar-refractivity contribution in [3.8, 4) is 41.4 Å². The molecule has 7 nitrogen and oxygen atoms in total. The van der Waals surface area contributed by atoms with Gasteiger partial charge in [-0.05, 0) is 59.3 Å². The van der Waals surface area contributed by atoms with Gasteiger partial charge in [0.15, 0.2) is 21.4 Å². The maximum atomic E-state index is 6.03. The second kappa shape index (κ2) is 9.34. The number of fused-ring (bicyclic) bond motifs is 5. The highest BCUT2D eigenvalue weighted by atomic mass is 32.1. The topological polar surface area (TPSA) is 90.7 Å². The fourth-order valence-corrected chi connectivity index (χ4v) is 9.10. The van der Waals surface area contributed by atoms with Gasteiger partial charge in [-0.3, -0.25) is 0 Å². The van der Waals surface area contributed by atoms with Crippen molar-refractivity contribution in [3.63, 3.8) is 0 Å². The number of benzene rings is 4. The highest BCUT2D eigenvalue weighted by Crippen LogP contribution is 2.41. The van der Waals surface area contributed by atoms with Gasteiger partial charge in [-0.25, -0.2) is 24.9 Å². The number of thiazole rings is 4. The lowest BCUT2D eigenvalue weighted by Gasteiger charge is -1.97. The van der Waals surface area contributed by atoms with Crippen LogP contribution < -0.4 is 0 Å². The quantitative estimate of drug-likeness (QED) is 0.189. The smallest absolute Gasteiger partial charge is 0.256 e. The first kappa shape index (κ1) is 24.6. The molecule has 0 N–H and O–H groups in total. The molecule has 0 saturated carbocycles. The molecule has 0 aliphatic heterocycles. The monoisotopic (exact) mass is 641 g/mol. The predicted octanol–water partition coefficient (Wildman–Crippen LogP) is 10.5. The van der Waals surface area contributed by atoms with E-state index in [0.717, 1.165) is 88.8 Å². The van der Waals surface area contributed by atoms with E-state index in [4.69, 9.17) is 18.8 Å². The van der Waals surface area contributed by atoms with Gasteiger partial charge in [0, 0.05) is 17.8 Å². The summed E-state index contributed by atoms with van der Waals surface area (Å²) >= 11 is 6.48. The Labute approximate surface area is 263 Å². The predicted molar refractivity (Wildman–Crippen MR) is 181 cm³/mol. The molecule has 0 saturated heterocycles. The fourth-order valence-electron chi connectivity index (χ4n) is 5.32. The molecule has 11 heteroatoms. The minimum absolute atomic E-state index is 0.533. The van der Waals surface area contributed by atoms with Crippen LogP contribution in [-0.2, 0) is 0 Å². The molecule has 10 rings (SSSR count). The summed E-state index contributed by atoms with van der Waals surface area (Å²) in [6, 6.07) is 26.6. The summed E-state index contributed by atoms with van der Waals surface area (Å²) in [5, 5.41) is 6.84. The van der Waals surface area contributed by atoms with E-state index in [1.165, 1.54) is 0 Å². The molecule has 0 aliphatic carbocycles. The molecule has 4 aromatic carbocycles. The van der Waals surface area contributed by atoms with Gasteiger partial charge in [0.25, 0.3) is 5.89 Å². The first-order valence-corrected chi connectivity index (χ1v) is 16.9. The number of para-hydroxylation sites is 3. The van der Waals surface area contributed by atoms with E-state index in [2.05, 4.69) is 39.2 Å². The van der Waals surface area contributed by atoms with Gasteiger partial charge in [0.1, 0.15) is 21.1 Å². The van der Waals surface area contributed by atoms with Crippen LogP contribution >= 0.6 is 45.3 Å². The van der Waals surface area contributed by atoms with Crippen LogP contribution in [0, 0.1) is 0 Å². The van der Waals surface area contributed by atoms with Gasteiger partial charge < -0.3 is 8.83 Å². The molecule has 0 unspecified atom stereocenters. The number of hydrogen-bond acceptors (Lipinski definition) is 11. The summed E-state index contributed by atoms with van der Waals surface area (Å²) in [4.78, 5) is 25.8. The molecule has 0 amide bonds. The molecule has 44 heavy (non-hydrogen) atoms. The molecule has 0 radical (unpaired) electrons. The van der Waals surface area contributed by atoms with Crippen LogP contribution in [0.1, 0.15) is 0 Å². The third kappa shape index (κ3) is 3.94. The number of rotatable bonds is 4. The summed E-state index contributed by atoms with van der Waals surface area (Å²) in [6.45, 7) is 0. The molecule has 0 bridgehead atoms. The minimum atomic E-state index is 0.533. The summed E-state index contributed by atoms with van der Waals surface area (Å²) < 4.78 is 14.2. The van der Waals surface area contributed by atoms with E-state index in [0.29, 0.717) is 5.89 Å². The molecule has 6 aromatic heterocycles. The lowest BCUT2D eigenvalue weighted by Crippen LogP contribution is -1.76. The number of nitrogens with zero attached hydrogens (tertiary/aromatic N) is 5. The van der Waals surface area contributed by atoms with E-state index in [9.17, 15) is 0 Å². The van der Waals surface area contributed by atoms with E-state index in [1.807, 2.05) is 67.0 Å². The first-order chi connectivity index (χ1) is 21.7. The average molecular weight is 642 g/mol.